The van der Waals surface area contributed by atoms with Gasteiger partial charge in [0.25, 0.3) is 0 Å². The standard InChI is InChI=1S/C12H21F3O/c13-12(14,15)8-4-7-11(16)9-10-5-2-1-3-6-10/h10-11,16H,1-9H2. The van der Waals surface area contributed by atoms with E-state index in [0.29, 0.717) is 12.3 Å². The Labute approximate surface area is 95.0 Å². The van der Waals surface area contributed by atoms with Crippen LogP contribution in [0.15, 0.2) is 0 Å². The maximum absolute atomic E-state index is 11.9. The van der Waals surface area contributed by atoms with Gasteiger partial charge in [0, 0.05) is 6.42 Å². The molecular formula is C12H21F3O. The van der Waals surface area contributed by atoms with E-state index in [0.717, 1.165) is 12.8 Å². The highest BCUT2D eigenvalue weighted by Gasteiger charge is 2.27. The first-order valence-corrected chi connectivity index (χ1v) is 6.22. The summed E-state index contributed by atoms with van der Waals surface area (Å²) in [4.78, 5) is 0. The van der Waals surface area contributed by atoms with Gasteiger partial charge in [0.2, 0.25) is 0 Å². The lowest BCUT2D eigenvalue weighted by atomic mass is 9.84. The molecule has 0 bridgehead atoms. The molecule has 1 nitrogen and oxygen atoms in total. The molecule has 0 aliphatic heterocycles. The SMILES string of the molecule is OC(CCCC(F)(F)F)CC1CCCCC1. The minimum absolute atomic E-state index is 0.0530. The molecule has 1 N–H and O–H groups in total. The quantitative estimate of drug-likeness (QED) is 0.766. The molecule has 1 aliphatic carbocycles. The van der Waals surface area contributed by atoms with Crippen molar-refractivity contribution in [1.82, 2.24) is 0 Å². The second-order valence-corrected chi connectivity index (χ2v) is 4.90. The number of halogens is 3. The zero-order valence-corrected chi connectivity index (χ0v) is 9.60. The number of hydrogen-bond donors (Lipinski definition) is 1. The summed E-state index contributed by atoms with van der Waals surface area (Å²) in [5, 5.41) is 9.63. The third-order valence-electron chi connectivity index (χ3n) is 3.33. The first-order valence-electron chi connectivity index (χ1n) is 6.22. The van der Waals surface area contributed by atoms with E-state index < -0.39 is 18.7 Å². The van der Waals surface area contributed by atoms with Crippen LogP contribution in [-0.4, -0.2) is 17.4 Å². The smallest absolute Gasteiger partial charge is 0.389 e. The number of aliphatic hydroxyl groups is 1. The molecular weight excluding hydrogens is 217 g/mol. The van der Waals surface area contributed by atoms with Crippen LogP contribution in [0.3, 0.4) is 0 Å². The summed E-state index contributed by atoms with van der Waals surface area (Å²) >= 11 is 0. The van der Waals surface area contributed by atoms with Crippen molar-refractivity contribution in [2.45, 2.75) is 70.1 Å². The van der Waals surface area contributed by atoms with Gasteiger partial charge in [-0.2, -0.15) is 13.2 Å². The molecule has 0 aromatic rings. The predicted octanol–water partition coefficient (Wildman–Crippen LogP) is 4.05. The number of rotatable bonds is 5. The lowest BCUT2D eigenvalue weighted by molar-refractivity contribution is -0.136. The molecule has 1 fully saturated rings. The van der Waals surface area contributed by atoms with E-state index >= 15 is 0 Å². The lowest BCUT2D eigenvalue weighted by Crippen LogP contribution is -2.17. The van der Waals surface area contributed by atoms with Crippen molar-refractivity contribution in [2.24, 2.45) is 5.92 Å². The number of hydrogen-bond acceptors (Lipinski definition) is 1. The third-order valence-corrected chi connectivity index (χ3v) is 3.33. The van der Waals surface area contributed by atoms with E-state index in [-0.39, 0.29) is 12.8 Å². The largest absolute Gasteiger partial charge is 0.393 e. The highest BCUT2D eigenvalue weighted by molar-refractivity contribution is 4.70. The predicted molar refractivity (Wildman–Crippen MR) is 57.1 cm³/mol. The number of aliphatic hydroxyl groups excluding tert-OH is 1. The van der Waals surface area contributed by atoms with Gasteiger partial charge in [-0.3, -0.25) is 0 Å². The van der Waals surface area contributed by atoms with Gasteiger partial charge >= 0.3 is 6.18 Å². The highest BCUT2D eigenvalue weighted by Crippen LogP contribution is 2.29. The zero-order chi connectivity index (χ0) is 12.0. The fourth-order valence-electron chi connectivity index (χ4n) is 2.46. The van der Waals surface area contributed by atoms with Crippen molar-refractivity contribution < 1.29 is 18.3 Å². The Kier molecular flexibility index (Phi) is 5.59. The first-order chi connectivity index (χ1) is 7.47. The molecule has 1 aliphatic rings. The average molecular weight is 238 g/mol. The van der Waals surface area contributed by atoms with Crippen LogP contribution in [0.25, 0.3) is 0 Å². The minimum Gasteiger partial charge on any atom is -0.393 e. The van der Waals surface area contributed by atoms with Crippen LogP contribution in [0.2, 0.25) is 0 Å². The fourth-order valence-corrected chi connectivity index (χ4v) is 2.46. The molecule has 0 heterocycles. The normalized spacial score (nSPS) is 21.0. The topological polar surface area (TPSA) is 20.2 Å². The number of alkyl halides is 3. The Bertz CT molecular complexity index is 185. The van der Waals surface area contributed by atoms with Crippen LogP contribution in [0.1, 0.15) is 57.8 Å². The molecule has 96 valence electrons. The second kappa shape index (κ2) is 6.48. The first kappa shape index (κ1) is 13.8. The Morgan fingerprint density at radius 3 is 2.31 bits per heavy atom. The molecule has 1 unspecified atom stereocenters. The molecule has 0 aromatic heterocycles. The molecule has 1 saturated carbocycles. The summed E-state index contributed by atoms with van der Waals surface area (Å²) in [6.07, 6.45) is 1.60. The molecule has 0 amide bonds. The van der Waals surface area contributed by atoms with Gasteiger partial charge in [0.15, 0.2) is 0 Å². The fraction of sp³-hybridized carbons (Fsp3) is 1.00. The van der Waals surface area contributed by atoms with Crippen molar-refractivity contribution in [3.05, 3.63) is 0 Å². The van der Waals surface area contributed by atoms with Crippen LogP contribution in [0, 0.1) is 5.92 Å². The van der Waals surface area contributed by atoms with Crippen LogP contribution < -0.4 is 0 Å². The van der Waals surface area contributed by atoms with Gasteiger partial charge in [-0.15, -0.1) is 0 Å². The van der Waals surface area contributed by atoms with Gasteiger partial charge in [0.05, 0.1) is 6.10 Å². The Morgan fingerprint density at radius 2 is 1.75 bits per heavy atom. The molecule has 1 atom stereocenters. The maximum atomic E-state index is 11.9. The highest BCUT2D eigenvalue weighted by atomic mass is 19.4. The van der Waals surface area contributed by atoms with E-state index in [2.05, 4.69) is 0 Å². The van der Waals surface area contributed by atoms with E-state index in [1.165, 1.54) is 19.3 Å². The molecule has 0 saturated heterocycles. The summed E-state index contributed by atoms with van der Waals surface area (Å²) in [5.41, 5.74) is 0. The van der Waals surface area contributed by atoms with Crippen LogP contribution in [-0.2, 0) is 0 Å². The van der Waals surface area contributed by atoms with Gasteiger partial charge in [0.1, 0.15) is 0 Å². The summed E-state index contributed by atoms with van der Waals surface area (Å²) < 4.78 is 35.6. The van der Waals surface area contributed by atoms with Crippen LogP contribution in [0.4, 0.5) is 13.2 Å². The Hall–Kier alpha value is -0.250. The van der Waals surface area contributed by atoms with Crippen LogP contribution in [0.5, 0.6) is 0 Å². The van der Waals surface area contributed by atoms with Crippen molar-refractivity contribution in [3.63, 3.8) is 0 Å². The van der Waals surface area contributed by atoms with E-state index in [1.54, 1.807) is 0 Å². The van der Waals surface area contributed by atoms with Crippen molar-refractivity contribution in [3.8, 4) is 0 Å². The monoisotopic (exact) mass is 238 g/mol. The Balaban J connectivity index is 2.08. The van der Waals surface area contributed by atoms with Gasteiger partial charge in [-0.05, 0) is 25.2 Å². The van der Waals surface area contributed by atoms with E-state index in [4.69, 9.17) is 0 Å². The summed E-state index contributed by atoms with van der Waals surface area (Å²) in [5.74, 6) is 0.537. The summed E-state index contributed by atoms with van der Waals surface area (Å²) in [6.45, 7) is 0. The van der Waals surface area contributed by atoms with Gasteiger partial charge in [-0.1, -0.05) is 32.1 Å². The molecule has 0 spiro atoms. The van der Waals surface area contributed by atoms with Crippen molar-refractivity contribution in [2.75, 3.05) is 0 Å². The van der Waals surface area contributed by atoms with E-state index in [1.807, 2.05) is 0 Å². The molecule has 16 heavy (non-hydrogen) atoms. The molecule has 0 radical (unpaired) electrons. The maximum Gasteiger partial charge on any atom is 0.389 e. The minimum atomic E-state index is -4.08. The van der Waals surface area contributed by atoms with Gasteiger partial charge in [-0.25, -0.2) is 0 Å². The summed E-state index contributed by atoms with van der Waals surface area (Å²) in [7, 11) is 0. The average Bonchev–Trinajstić information content (AvgIpc) is 2.17. The zero-order valence-electron chi connectivity index (χ0n) is 9.60. The van der Waals surface area contributed by atoms with Crippen molar-refractivity contribution in [1.29, 1.82) is 0 Å². The van der Waals surface area contributed by atoms with Crippen LogP contribution >= 0.6 is 0 Å². The molecule has 1 rings (SSSR count). The van der Waals surface area contributed by atoms with Crippen molar-refractivity contribution >= 4 is 0 Å². The Morgan fingerprint density at radius 1 is 1.12 bits per heavy atom. The lowest BCUT2D eigenvalue weighted by Gasteiger charge is -2.24. The molecule has 0 aromatic carbocycles. The van der Waals surface area contributed by atoms with Gasteiger partial charge < -0.3 is 5.11 Å². The van der Waals surface area contributed by atoms with E-state index in [9.17, 15) is 18.3 Å². The summed E-state index contributed by atoms with van der Waals surface area (Å²) in [6, 6.07) is 0. The third kappa shape index (κ3) is 6.36. The second-order valence-electron chi connectivity index (χ2n) is 4.90. The molecule has 4 heteroatoms.